The molecule has 0 aromatic heterocycles. The van der Waals surface area contributed by atoms with Gasteiger partial charge in [-0.15, -0.1) is 0 Å². The first-order chi connectivity index (χ1) is 12.8. The second-order valence-corrected chi connectivity index (χ2v) is 6.72. The molecule has 0 saturated carbocycles. The van der Waals surface area contributed by atoms with E-state index in [1.807, 2.05) is 6.07 Å². The average Bonchev–Trinajstić information content (AvgIpc) is 3.14. The normalized spacial score (nSPS) is 20.3. The molecular formula is C21H35N3O2. The Hall–Kier alpha value is -1.59. The van der Waals surface area contributed by atoms with Gasteiger partial charge in [0.05, 0.1) is 6.10 Å². The first-order valence-electron chi connectivity index (χ1n) is 10.1. The molecule has 2 atom stereocenters. The Bertz CT molecular complexity index is 507. The Morgan fingerprint density at radius 3 is 2.73 bits per heavy atom. The first-order valence-corrected chi connectivity index (χ1v) is 10.1. The molecule has 2 N–H and O–H groups in total. The molecule has 0 bridgehead atoms. The van der Waals surface area contributed by atoms with Crippen molar-refractivity contribution in [3.8, 4) is 0 Å². The summed E-state index contributed by atoms with van der Waals surface area (Å²) >= 11 is 0. The highest BCUT2D eigenvalue weighted by Gasteiger charge is 2.29. The topological polar surface area (TPSA) is 54.9 Å². The zero-order valence-corrected chi connectivity index (χ0v) is 16.4. The molecule has 2 rings (SSSR count). The molecule has 146 valence electrons. The molecular weight excluding hydrogens is 326 g/mol. The Kier molecular flexibility index (Phi) is 10.1. The van der Waals surface area contributed by atoms with Gasteiger partial charge in [0.2, 0.25) is 0 Å². The SMILES string of the molecule is CCCCOCCCNC(=NCC1CCOC1c1ccccc1)NCC. The van der Waals surface area contributed by atoms with Crippen LogP contribution in [0.1, 0.15) is 51.2 Å². The van der Waals surface area contributed by atoms with E-state index in [0.717, 1.165) is 64.7 Å². The highest BCUT2D eigenvalue weighted by molar-refractivity contribution is 5.79. The van der Waals surface area contributed by atoms with Crippen molar-refractivity contribution in [2.45, 2.75) is 45.6 Å². The molecule has 1 heterocycles. The van der Waals surface area contributed by atoms with E-state index in [1.165, 1.54) is 12.0 Å². The molecule has 0 aliphatic carbocycles. The Morgan fingerprint density at radius 2 is 1.96 bits per heavy atom. The number of aliphatic imine (C=N–C) groups is 1. The fraction of sp³-hybridized carbons (Fsp3) is 0.667. The second-order valence-electron chi connectivity index (χ2n) is 6.72. The van der Waals surface area contributed by atoms with E-state index in [0.29, 0.717) is 5.92 Å². The maximum Gasteiger partial charge on any atom is 0.191 e. The summed E-state index contributed by atoms with van der Waals surface area (Å²) in [5.41, 5.74) is 1.26. The molecule has 26 heavy (non-hydrogen) atoms. The molecule has 0 spiro atoms. The smallest absolute Gasteiger partial charge is 0.191 e. The summed E-state index contributed by atoms with van der Waals surface area (Å²) in [5.74, 6) is 1.32. The minimum atomic E-state index is 0.162. The molecule has 1 aliphatic heterocycles. The van der Waals surface area contributed by atoms with Crippen molar-refractivity contribution in [3.63, 3.8) is 0 Å². The van der Waals surface area contributed by atoms with E-state index in [1.54, 1.807) is 0 Å². The van der Waals surface area contributed by atoms with E-state index < -0.39 is 0 Å². The number of nitrogens with one attached hydrogen (secondary N) is 2. The van der Waals surface area contributed by atoms with Gasteiger partial charge in [0.15, 0.2) is 5.96 Å². The standard InChI is InChI=1S/C21H35N3O2/c1-3-5-14-25-15-9-13-23-21(22-4-2)24-17-19-12-16-26-20(19)18-10-7-6-8-11-18/h6-8,10-11,19-20H,3-5,9,12-17H2,1-2H3,(H2,22,23,24). The van der Waals surface area contributed by atoms with Gasteiger partial charge in [-0.2, -0.15) is 0 Å². The van der Waals surface area contributed by atoms with Gasteiger partial charge in [-0.25, -0.2) is 0 Å². The molecule has 1 aromatic rings. The quantitative estimate of drug-likeness (QED) is 0.360. The minimum absolute atomic E-state index is 0.162. The van der Waals surface area contributed by atoms with Crippen LogP contribution in [0, 0.1) is 5.92 Å². The van der Waals surface area contributed by atoms with E-state index in [9.17, 15) is 0 Å². The molecule has 5 heteroatoms. The van der Waals surface area contributed by atoms with Crippen LogP contribution in [-0.2, 0) is 9.47 Å². The predicted molar refractivity (Wildman–Crippen MR) is 108 cm³/mol. The van der Waals surface area contributed by atoms with Crippen LogP contribution in [0.5, 0.6) is 0 Å². The monoisotopic (exact) mass is 361 g/mol. The molecule has 2 unspecified atom stereocenters. The van der Waals surface area contributed by atoms with Gasteiger partial charge in [0.1, 0.15) is 0 Å². The van der Waals surface area contributed by atoms with Crippen LogP contribution in [0.3, 0.4) is 0 Å². The molecule has 0 amide bonds. The second kappa shape index (κ2) is 12.7. The number of guanidine groups is 1. The summed E-state index contributed by atoms with van der Waals surface area (Å²) in [6, 6.07) is 10.5. The first kappa shape index (κ1) is 20.7. The number of unbranched alkanes of at least 4 members (excludes halogenated alkanes) is 1. The van der Waals surface area contributed by atoms with E-state index in [4.69, 9.17) is 14.5 Å². The van der Waals surface area contributed by atoms with E-state index >= 15 is 0 Å². The third-order valence-electron chi connectivity index (χ3n) is 4.57. The summed E-state index contributed by atoms with van der Waals surface area (Å²) < 4.78 is 11.6. The number of benzene rings is 1. The zero-order chi connectivity index (χ0) is 18.5. The van der Waals surface area contributed by atoms with Gasteiger partial charge in [-0.05, 0) is 31.7 Å². The van der Waals surface area contributed by atoms with Gasteiger partial charge < -0.3 is 20.1 Å². The van der Waals surface area contributed by atoms with E-state index in [-0.39, 0.29) is 6.10 Å². The fourth-order valence-corrected chi connectivity index (χ4v) is 3.11. The van der Waals surface area contributed by atoms with Crippen molar-refractivity contribution in [3.05, 3.63) is 35.9 Å². The zero-order valence-electron chi connectivity index (χ0n) is 16.4. The van der Waals surface area contributed by atoms with Crippen LogP contribution in [0.2, 0.25) is 0 Å². The number of nitrogens with zero attached hydrogens (tertiary/aromatic N) is 1. The summed E-state index contributed by atoms with van der Waals surface area (Å²) in [7, 11) is 0. The number of rotatable bonds is 11. The fourth-order valence-electron chi connectivity index (χ4n) is 3.11. The molecule has 1 aromatic carbocycles. The van der Waals surface area contributed by atoms with Gasteiger partial charge in [0.25, 0.3) is 0 Å². The highest BCUT2D eigenvalue weighted by Crippen LogP contribution is 2.34. The van der Waals surface area contributed by atoms with Gasteiger partial charge >= 0.3 is 0 Å². The third kappa shape index (κ3) is 7.34. The van der Waals surface area contributed by atoms with E-state index in [2.05, 4.69) is 48.7 Å². The third-order valence-corrected chi connectivity index (χ3v) is 4.57. The van der Waals surface area contributed by atoms with Crippen LogP contribution in [0.4, 0.5) is 0 Å². The molecule has 1 fully saturated rings. The van der Waals surface area contributed by atoms with Crippen LogP contribution in [-0.4, -0.2) is 45.4 Å². The van der Waals surface area contributed by atoms with Crippen molar-refractivity contribution >= 4 is 5.96 Å². The summed E-state index contributed by atoms with van der Waals surface area (Å²) in [6.07, 6.45) is 4.55. The van der Waals surface area contributed by atoms with Gasteiger partial charge in [-0.1, -0.05) is 43.7 Å². The summed E-state index contributed by atoms with van der Waals surface area (Å²) in [6.45, 7) is 9.29. The Morgan fingerprint density at radius 1 is 1.15 bits per heavy atom. The number of ether oxygens (including phenoxy) is 2. The van der Waals surface area contributed by atoms with Crippen molar-refractivity contribution in [1.29, 1.82) is 0 Å². The lowest BCUT2D eigenvalue weighted by molar-refractivity contribution is 0.0925. The van der Waals surface area contributed by atoms with Crippen molar-refractivity contribution in [2.75, 3.05) is 39.5 Å². The number of hydrogen-bond acceptors (Lipinski definition) is 3. The number of hydrogen-bond donors (Lipinski definition) is 2. The maximum absolute atomic E-state index is 5.96. The molecule has 0 radical (unpaired) electrons. The molecule has 1 saturated heterocycles. The minimum Gasteiger partial charge on any atom is -0.381 e. The average molecular weight is 362 g/mol. The van der Waals surface area contributed by atoms with Crippen molar-refractivity contribution in [2.24, 2.45) is 10.9 Å². The largest absolute Gasteiger partial charge is 0.381 e. The Balaban J connectivity index is 1.76. The predicted octanol–water partition coefficient (Wildman–Crippen LogP) is 3.53. The van der Waals surface area contributed by atoms with Crippen LogP contribution in [0.15, 0.2) is 35.3 Å². The van der Waals surface area contributed by atoms with Crippen LogP contribution >= 0.6 is 0 Å². The summed E-state index contributed by atoms with van der Waals surface area (Å²) in [5, 5.41) is 6.74. The van der Waals surface area contributed by atoms with Crippen molar-refractivity contribution in [1.82, 2.24) is 10.6 Å². The lowest BCUT2D eigenvalue weighted by Gasteiger charge is -2.18. The van der Waals surface area contributed by atoms with Crippen LogP contribution < -0.4 is 10.6 Å². The molecule has 5 nitrogen and oxygen atoms in total. The van der Waals surface area contributed by atoms with Gasteiger partial charge in [0, 0.05) is 45.4 Å². The lowest BCUT2D eigenvalue weighted by atomic mass is 9.95. The Labute approximate surface area is 158 Å². The summed E-state index contributed by atoms with van der Waals surface area (Å²) in [4.78, 5) is 4.79. The van der Waals surface area contributed by atoms with Crippen molar-refractivity contribution < 1.29 is 9.47 Å². The lowest BCUT2D eigenvalue weighted by Crippen LogP contribution is -2.38. The molecule has 1 aliphatic rings. The van der Waals surface area contributed by atoms with Gasteiger partial charge in [-0.3, -0.25) is 4.99 Å². The highest BCUT2D eigenvalue weighted by atomic mass is 16.5. The maximum atomic E-state index is 5.96. The van der Waals surface area contributed by atoms with Crippen LogP contribution in [0.25, 0.3) is 0 Å².